The van der Waals surface area contributed by atoms with Crippen LogP contribution in [-0.4, -0.2) is 22.9 Å². The molecule has 142 valence electrons. The van der Waals surface area contributed by atoms with E-state index in [9.17, 15) is 9.59 Å². The Labute approximate surface area is 159 Å². The monoisotopic (exact) mass is 365 g/mol. The summed E-state index contributed by atoms with van der Waals surface area (Å²) in [4.78, 5) is 24.1. The summed E-state index contributed by atoms with van der Waals surface area (Å²) >= 11 is 0. The number of nitrogens with one attached hydrogen (secondary N) is 2. The van der Waals surface area contributed by atoms with Crippen molar-refractivity contribution < 1.29 is 9.59 Å². The Morgan fingerprint density at radius 1 is 0.963 bits per heavy atom. The van der Waals surface area contributed by atoms with Crippen molar-refractivity contribution in [3.63, 3.8) is 0 Å². The average Bonchev–Trinajstić information content (AvgIpc) is 2.92. The predicted octanol–water partition coefficient (Wildman–Crippen LogP) is 4.31. The van der Waals surface area contributed by atoms with E-state index >= 15 is 0 Å². The van der Waals surface area contributed by atoms with Crippen LogP contribution in [0.1, 0.15) is 34.1 Å². The van der Waals surface area contributed by atoms with E-state index in [1.165, 1.54) is 10.9 Å². The lowest BCUT2D eigenvalue weighted by molar-refractivity contribution is -0.125. The maximum Gasteiger partial charge on any atom is 0.243 e. The summed E-state index contributed by atoms with van der Waals surface area (Å²) in [5, 5.41) is 7.85. The fraction of sp³-hybridized carbons (Fsp3) is 0.364. The Bertz CT molecular complexity index is 996. The number of benzene rings is 2. The van der Waals surface area contributed by atoms with Gasteiger partial charge in [0.1, 0.15) is 0 Å². The molecule has 0 bridgehead atoms. The van der Waals surface area contributed by atoms with Crippen molar-refractivity contribution in [1.29, 1.82) is 0 Å². The summed E-state index contributed by atoms with van der Waals surface area (Å²) in [6, 6.07) is 14.2. The normalized spacial score (nSPS) is 11.7. The van der Waals surface area contributed by atoms with Gasteiger partial charge < -0.3 is 15.2 Å². The standard InChI is InChI=1S/C22H27N3O2/c1-5-25-18-9-7-6-8-16(18)17-12-15(10-11-19(17)25)24-21(27)14-23-20(26)13-22(2,3)4/h6-12H,5,13-14H2,1-4H3,(H,23,26)(H,24,27). The topological polar surface area (TPSA) is 63.1 Å². The second-order valence-corrected chi connectivity index (χ2v) is 8.06. The number of anilines is 1. The number of carbonyl (C=O) groups is 2. The number of hydrogen-bond donors (Lipinski definition) is 2. The molecule has 2 amide bonds. The van der Waals surface area contributed by atoms with Crippen molar-refractivity contribution in [1.82, 2.24) is 9.88 Å². The van der Waals surface area contributed by atoms with Gasteiger partial charge in [0, 0.05) is 40.5 Å². The zero-order chi connectivity index (χ0) is 19.6. The lowest BCUT2D eigenvalue weighted by atomic mass is 9.92. The lowest BCUT2D eigenvalue weighted by Crippen LogP contribution is -2.34. The third-order valence-electron chi connectivity index (χ3n) is 4.51. The maximum absolute atomic E-state index is 12.2. The summed E-state index contributed by atoms with van der Waals surface area (Å²) in [6.45, 7) is 8.97. The van der Waals surface area contributed by atoms with Crippen LogP contribution < -0.4 is 10.6 Å². The van der Waals surface area contributed by atoms with Crippen LogP contribution in [0.5, 0.6) is 0 Å². The smallest absolute Gasteiger partial charge is 0.243 e. The van der Waals surface area contributed by atoms with Crippen LogP contribution in [-0.2, 0) is 16.1 Å². The highest BCUT2D eigenvalue weighted by atomic mass is 16.2. The van der Waals surface area contributed by atoms with Gasteiger partial charge in [-0.15, -0.1) is 0 Å². The predicted molar refractivity (Wildman–Crippen MR) is 111 cm³/mol. The molecule has 2 N–H and O–H groups in total. The summed E-state index contributed by atoms with van der Waals surface area (Å²) in [5.41, 5.74) is 2.97. The molecule has 5 nitrogen and oxygen atoms in total. The highest BCUT2D eigenvalue weighted by molar-refractivity contribution is 6.10. The molecular formula is C22H27N3O2. The molecule has 3 aromatic rings. The third-order valence-corrected chi connectivity index (χ3v) is 4.51. The highest BCUT2D eigenvalue weighted by Gasteiger charge is 2.16. The number of nitrogens with zero attached hydrogens (tertiary/aromatic N) is 1. The molecule has 27 heavy (non-hydrogen) atoms. The van der Waals surface area contributed by atoms with Crippen LogP contribution in [0.2, 0.25) is 0 Å². The zero-order valence-electron chi connectivity index (χ0n) is 16.4. The molecule has 5 heteroatoms. The van der Waals surface area contributed by atoms with Gasteiger partial charge in [0.2, 0.25) is 11.8 Å². The van der Waals surface area contributed by atoms with Crippen LogP contribution in [0, 0.1) is 5.41 Å². The van der Waals surface area contributed by atoms with E-state index in [1.54, 1.807) is 0 Å². The minimum absolute atomic E-state index is 0.0241. The molecule has 0 saturated heterocycles. The molecular weight excluding hydrogens is 338 g/mol. The van der Waals surface area contributed by atoms with E-state index in [0.29, 0.717) is 6.42 Å². The fourth-order valence-electron chi connectivity index (χ4n) is 3.40. The molecule has 0 fully saturated rings. The molecule has 0 aliphatic carbocycles. The van der Waals surface area contributed by atoms with Crippen LogP contribution >= 0.6 is 0 Å². The first-order valence-corrected chi connectivity index (χ1v) is 9.36. The number of hydrogen-bond acceptors (Lipinski definition) is 2. The zero-order valence-corrected chi connectivity index (χ0v) is 16.4. The first-order chi connectivity index (χ1) is 12.8. The van der Waals surface area contributed by atoms with Crippen molar-refractivity contribution in [3.05, 3.63) is 42.5 Å². The van der Waals surface area contributed by atoms with Gasteiger partial charge in [-0.05, 0) is 36.6 Å². The first-order valence-electron chi connectivity index (χ1n) is 9.36. The Hall–Kier alpha value is -2.82. The first kappa shape index (κ1) is 19.0. The number of amides is 2. The maximum atomic E-state index is 12.2. The molecule has 1 aromatic heterocycles. The second-order valence-electron chi connectivity index (χ2n) is 8.06. The Balaban J connectivity index is 1.75. The fourth-order valence-corrected chi connectivity index (χ4v) is 3.40. The van der Waals surface area contributed by atoms with Gasteiger partial charge in [-0.2, -0.15) is 0 Å². The Kier molecular flexibility index (Phi) is 5.22. The second kappa shape index (κ2) is 7.43. The van der Waals surface area contributed by atoms with Crippen LogP contribution in [0.25, 0.3) is 21.8 Å². The quantitative estimate of drug-likeness (QED) is 0.708. The Morgan fingerprint density at radius 3 is 2.37 bits per heavy atom. The summed E-state index contributed by atoms with van der Waals surface area (Å²) in [7, 11) is 0. The van der Waals surface area contributed by atoms with E-state index in [-0.39, 0.29) is 23.8 Å². The van der Waals surface area contributed by atoms with Gasteiger partial charge in [-0.25, -0.2) is 0 Å². The SMILES string of the molecule is CCn1c2ccccc2c2cc(NC(=O)CNC(=O)CC(C)(C)C)ccc21. The molecule has 3 rings (SSSR count). The largest absolute Gasteiger partial charge is 0.347 e. The molecule has 0 radical (unpaired) electrons. The number of carbonyl (C=O) groups excluding carboxylic acids is 2. The molecule has 0 aliphatic heterocycles. The molecule has 0 unspecified atom stereocenters. The van der Waals surface area contributed by atoms with Gasteiger partial charge in [-0.1, -0.05) is 39.0 Å². The van der Waals surface area contributed by atoms with Gasteiger partial charge in [0.15, 0.2) is 0 Å². The summed E-state index contributed by atoms with van der Waals surface area (Å²) in [6.07, 6.45) is 0.392. The van der Waals surface area contributed by atoms with Crippen molar-refractivity contribution >= 4 is 39.3 Å². The summed E-state index contributed by atoms with van der Waals surface area (Å²) in [5.74, 6) is -0.338. The van der Waals surface area contributed by atoms with E-state index in [0.717, 1.165) is 23.1 Å². The molecule has 0 atom stereocenters. The van der Waals surface area contributed by atoms with Gasteiger partial charge >= 0.3 is 0 Å². The van der Waals surface area contributed by atoms with Crippen molar-refractivity contribution in [3.8, 4) is 0 Å². The number of aryl methyl sites for hydroxylation is 1. The van der Waals surface area contributed by atoms with Crippen molar-refractivity contribution in [2.45, 2.75) is 40.7 Å². The number of fused-ring (bicyclic) bond motifs is 3. The van der Waals surface area contributed by atoms with Crippen LogP contribution in [0.15, 0.2) is 42.5 Å². The molecule has 1 heterocycles. The third kappa shape index (κ3) is 4.30. The minimum atomic E-state index is -0.226. The highest BCUT2D eigenvalue weighted by Crippen LogP contribution is 2.30. The van der Waals surface area contributed by atoms with E-state index in [4.69, 9.17) is 0 Å². The van der Waals surface area contributed by atoms with E-state index in [1.807, 2.05) is 51.1 Å². The minimum Gasteiger partial charge on any atom is -0.347 e. The van der Waals surface area contributed by atoms with Crippen molar-refractivity contribution in [2.24, 2.45) is 5.41 Å². The van der Waals surface area contributed by atoms with E-state index in [2.05, 4.69) is 34.3 Å². The molecule has 0 saturated carbocycles. The summed E-state index contributed by atoms with van der Waals surface area (Å²) < 4.78 is 2.27. The van der Waals surface area contributed by atoms with Gasteiger partial charge in [0.05, 0.1) is 6.54 Å². The lowest BCUT2D eigenvalue weighted by Gasteiger charge is -2.17. The van der Waals surface area contributed by atoms with Crippen molar-refractivity contribution in [2.75, 3.05) is 11.9 Å². The number of rotatable bonds is 5. The Morgan fingerprint density at radius 2 is 1.67 bits per heavy atom. The molecule has 0 aliphatic rings. The van der Waals surface area contributed by atoms with Crippen LogP contribution in [0.4, 0.5) is 5.69 Å². The number of aromatic nitrogens is 1. The molecule has 0 spiro atoms. The average molecular weight is 365 g/mol. The number of para-hydroxylation sites is 1. The van der Waals surface area contributed by atoms with E-state index < -0.39 is 0 Å². The van der Waals surface area contributed by atoms with Crippen LogP contribution in [0.3, 0.4) is 0 Å². The van der Waals surface area contributed by atoms with Gasteiger partial charge in [0.25, 0.3) is 0 Å². The van der Waals surface area contributed by atoms with Gasteiger partial charge in [-0.3, -0.25) is 9.59 Å². The molecule has 2 aromatic carbocycles.